The van der Waals surface area contributed by atoms with Crippen LogP contribution in [0.5, 0.6) is 0 Å². The molecule has 2 rings (SSSR count). The summed E-state index contributed by atoms with van der Waals surface area (Å²) >= 11 is 3.26. The minimum Gasteiger partial charge on any atom is -0.477 e. The zero-order valence-electron chi connectivity index (χ0n) is 9.94. The first-order chi connectivity index (χ1) is 8.99. The van der Waals surface area contributed by atoms with Crippen LogP contribution >= 0.6 is 33.9 Å². The minimum atomic E-state index is -1.03. The average Bonchev–Trinajstić information content (AvgIpc) is 2.72. The van der Waals surface area contributed by atoms with Gasteiger partial charge in [0.05, 0.1) is 5.69 Å². The molecule has 0 radical (unpaired) electrons. The molecule has 1 heterocycles. The van der Waals surface area contributed by atoms with Gasteiger partial charge in [0.15, 0.2) is 0 Å². The fourth-order valence-electron chi connectivity index (χ4n) is 1.54. The van der Waals surface area contributed by atoms with Gasteiger partial charge < -0.3 is 10.4 Å². The zero-order chi connectivity index (χ0) is 14.0. The number of benzene rings is 1. The van der Waals surface area contributed by atoms with E-state index in [1.165, 1.54) is 0 Å². The van der Waals surface area contributed by atoms with Gasteiger partial charge >= 0.3 is 5.97 Å². The number of carboxylic acids is 1. The molecule has 1 aromatic heterocycles. The predicted octanol–water partition coefficient (Wildman–Crippen LogP) is 3.61. The lowest BCUT2D eigenvalue weighted by molar-refractivity contribution is 0.0703. The van der Waals surface area contributed by atoms with Crippen molar-refractivity contribution in [1.29, 1.82) is 0 Å². The molecular weight excluding hydrogens is 377 g/mol. The van der Waals surface area contributed by atoms with Crippen molar-refractivity contribution in [3.05, 3.63) is 49.2 Å². The molecule has 0 aliphatic rings. The Morgan fingerprint density at radius 1 is 1.26 bits per heavy atom. The van der Waals surface area contributed by atoms with Crippen molar-refractivity contribution in [2.75, 3.05) is 5.32 Å². The molecule has 0 bridgehead atoms. The molecule has 1 aromatic carbocycles. The summed E-state index contributed by atoms with van der Waals surface area (Å²) in [5.41, 5.74) is 1.63. The number of nitrogens with one attached hydrogen (secondary N) is 1. The fraction of sp³-hybridized carbons (Fsp3) is 0.0769. The maximum Gasteiger partial charge on any atom is 0.348 e. The molecule has 2 N–H and O–H groups in total. The van der Waals surface area contributed by atoms with E-state index >= 15 is 0 Å². The van der Waals surface area contributed by atoms with Gasteiger partial charge in [-0.05, 0) is 64.7 Å². The SMILES string of the molecule is Cc1csc(C(=O)O)c1NC(=O)c1ccc(I)cc1. The van der Waals surface area contributed by atoms with E-state index in [4.69, 9.17) is 5.11 Å². The first-order valence-corrected chi connectivity index (χ1v) is 7.33. The fourth-order valence-corrected chi connectivity index (χ4v) is 2.75. The topological polar surface area (TPSA) is 66.4 Å². The van der Waals surface area contributed by atoms with Crippen LogP contribution in [0.4, 0.5) is 5.69 Å². The Balaban J connectivity index is 2.26. The van der Waals surface area contributed by atoms with Gasteiger partial charge in [0.25, 0.3) is 5.91 Å². The van der Waals surface area contributed by atoms with E-state index in [1.807, 2.05) is 12.1 Å². The number of rotatable bonds is 3. The van der Waals surface area contributed by atoms with Crippen LogP contribution < -0.4 is 5.32 Å². The number of carbonyl (C=O) groups excluding carboxylic acids is 1. The lowest BCUT2D eigenvalue weighted by atomic mass is 10.2. The summed E-state index contributed by atoms with van der Waals surface area (Å²) in [7, 11) is 0. The van der Waals surface area contributed by atoms with Gasteiger partial charge in [-0.2, -0.15) is 0 Å². The molecule has 0 aliphatic carbocycles. The van der Waals surface area contributed by atoms with Gasteiger partial charge in [0.2, 0.25) is 0 Å². The molecule has 0 fully saturated rings. The maximum absolute atomic E-state index is 12.0. The van der Waals surface area contributed by atoms with E-state index in [9.17, 15) is 9.59 Å². The molecule has 0 saturated heterocycles. The van der Waals surface area contributed by atoms with E-state index in [0.29, 0.717) is 11.3 Å². The zero-order valence-corrected chi connectivity index (χ0v) is 12.9. The third-order valence-electron chi connectivity index (χ3n) is 2.51. The van der Waals surface area contributed by atoms with E-state index in [1.54, 1.807) is 24.4 Å². The summed E-state index contributed by atoms with van der Waals surface area (Å²) < 4.78 is 1.03. The molecule has 0 spiro atoms. The molecule has 4 nitrogen and oxygen atoms in total. The van der Waals surface area contributed by atoms with Crippen molar-refractivity contribution in [3.8, 4) is 0 Å². The molecule has 19 heavy (non-hydrogen) atoms. The number of carboxylic acid groups (broad SMARTS) is 1. The van der Waals surface area contributed by atoms with E-state index in [0.717, 1.165) is 20.5 Å². The Bertz CT molecular complexity index is 634. The third kappa shape index (κ3) is 3.13. The summed E-state index contributed by atoms with van der Waals surface area (Å²) in [4.78, 5) is 23.3. The van der Waals surface area contributed by atoms with Crippen molar-refractivity contribution in [2.24, 2.45) is 0 Å². The van der Waals surface area contributed by atoms with Gasteiger partial charge in [-0.15, -0.1) is 11.3 Å². The Morgan fingerprint density at radius 2 is 1.89 bits per heavy atom. The van der Waals surface area contributed by atoms with Gasteiger partial charge in [0, 0.05) is 9.13 Å². The number of carbonyl (C=O) groups is 2. The first-order valence-electron chi connectivity index (χ1n) is 5.37. The Labute approximate surface area is 127 Å². The molecule has 6 heteroatoms. The number of halogens is 1. The van der Waals surface area contributed by atoms with Crippen LogP contribution in [0.15, 0.2) is 29.6 Å². The number of aromatic carboxylic acids is 1. The van der Waals surface area contributed by atoms with E-state index in [-0.39, 0.29) is 10.8 Å². The lowest BCUT2D eigenvalue weighted by Crippen LogP contribution is -2.14. The molecule has 0 unspecified atom stereocenters. The van der Waals surface area contributed by atoms with Crippen molar-refractivity contribution < 1.29 is 14.7 Å². The van der Waals surface area contributed by atoms with Crippen molar-refractivity contribution >= 4 is 51.5 Å². The quantitative estimate of drug-likeness (QED) is 0.791. The summed E-state index contributed by atoms with van der Waals surface area (Å²) in [5.74, 6) is -1.34. The maximum atomic E-state index is 12.0. The van der Waals surface area contributed by atoms with Crippen molar-refractivity contribution in [3.63, 3.8) is 0 Å². The minimum absolute atomic E-state index is 0.149. The summed E-state index contributed by atoms with van der Waals surface area (Å²) in [6.45, 7) is 1.77. The lowest BCUT2D eigenvalue weighted by Gasteiger charge is -2.06. The van der Waals surface area contributed by atoms with Crippen LogP contribution in [0.1, 0.15) is 25.6 Å². The largest absolute Gasteiger partial charge is 0.477 e. The van der Waals surface area contributed by atoms with Gasteiger partial charge in [-0.3, -0.25) is 4.79 Å². The normalized spacial score (nSPS) is 10.2. The number of hydrogen-bond acceptors (Lipinski definition) is 3. The first kappa shape index (κ1) is 14.0. The highest BCUT2D eigenvalue weighted by molar-refractivity contribution is 14.1. The monoisotopic (exact) mass is 387 g/mol. The van der Waals surface area contributed by atoms with Crippen molar-refractivity contribution in [2.45, 2.75) is 6.92 Å². The summed E-state index contributed by atoms with van der Waals surface area (Å²) in [6, 6.07) is 7.07. The van der Waals surface area contributed by atoms with Crippen LogP contribution in [0, 0.1) is 10.5 Å². The number of anilines is 1. The van der Waals surface area contributed by atoms with Crippen LogP contribution in [0.2, 0.25) is 0 Å². The smallest absolute Gasteiger partial charge is 0.348 e. The standard InChI is InChI=1S/C13H10INO3S/c1-7-6-19-11(13(17)18)10(7)15-12(16)8-2-4-9(14)5-3-8/h2-6H,1H3,(H,15,16)(H,17,18). The van der Waals surface area contributed by atoms with Gasteiger partial charge in [-0.25, -0.2) is 4.79 Å². The molecule has 0 aliphatic heterocycles. The second-order valence-electron chi connectivity index (χ2n) is 3.89. The predicted molar refractivity (Wildman–Crippen MR) is 83.1 cm³/mol. The highest BCUT2D eigenvalue weighted by atomic mass is 127. The van der Waals surface area contributed by atoms with Gasteiger partial charge in [0.1, 0.15) is 4.88 Å². The summed E-state index contributed by atoms with van der Waals surface area (Å²) in [5, 5.41) is 13.4. The highest BCUT2D eigenvalue weighted by Gasteiger charge is 2.17. The number of aryl methyl sites for hydroxylation is 1. The molecule has 0 atom stereocenters. The summed E-state index contributed by atoms with van der Waals surface area (Å²) in [6.07, 6.45) is 0. The van der Waals surface area contributed by atoms with Crippen molar-refractivity contribution in [1.82, 2.24) is 0 Å². The number of amides is 1. The molecule has 1 amide bonds. The molecule has 0 saturated carbocycles. The second kappa shape index (κ2) is 5.70. The Hall–Kier alpha value is -1.41. The highest BCUT2D eigenvalue weighted by Crippen LogP contribution is 2.28. The van der Waals surface area contributed by atoms with Crippen LogP contribution in [-0.4, -0.2) is 17.0 Å². The third-order valence-corrected chi connectivity index (χ3v) is 4.32. The Kier molecular flexibility index (Phi) is 4.20. The van der Waals surface area contributed by atoms with Crippen LogP contribution in [-0.2, 0) is 0 Å². The van der Waals surface area contributed by atoms with E-state index in [2.05, 4.69) is 27.9 Å². The molecule has 2 aromatic rings. The Morgan fingerprint density at radius 3 is 2.47 bits per heavy atom. The second-order valence-corrected chi connectivity index (χ2v) is 6.01. The molecule has 98 valence electrons. The molecular formula is C13H10INO3S. The van der Waals surface area contributed by atoms with Crippen LogP contribution in [0.3, 0.4) is 0 Å². The number of thiophene rings is 1. The van der Waals surface area contributed by atoms with E-state index < -0.39 is 5.97 Å². The van der Waals surface area contributed by atoms with Gasteiger partial charge in [-0.1, -0.05) is 0 Å². The van der Waals surface area contributed by atoms with Crippen LogP contribution in [0.25, 0.3) is 0 Å². The average molecular weight is 387 g/mol. The number of hydrogen-bond donors (Lipinski definition) is 2.